The first kappa shape index (κ1) is 25.4. The number of carbonyl (C=O) groups excluding carboxylic acids is 3. The Hall–Kier alpha value is -3.70. The molecule has 0 aliphatic rings. The van der Waals surface area contributed by atoms with Crippen molar-refractivity contribution < 1.29 is 23.2 Å². The summed E-state index contributed by atoms with van der Waals surface area (Å²) in [4.78, 5) is 42.2. The summed E-state index contributed by atoms with van der Waals surface area (Å²) in [5, 5.41) is 5.63. The third-order valence-corrected chi connectivity index (χ3v) is 6.72. The van der Waals surface area contributed by atoms with Gasteiger partial charge < -0.3 is 15.2 Å². The molecule has 2 aromatic heterocycles. The second-order valence-corrected chi connectivity index (χ2v) is 9.21. The van der Waals surface area contributed by atoms with Crippen LogP contribution in [0.1, 0.15) is 52.1 Å². The number of rotatable bonds is 7. The normalized spacial score (nSPS) is 11.9. The van der Waals surface area contributed by atoms with E-state index in [-0.39, 0.29) is 45.9 Å². The number of hydrogen-bond donors (Lipinski definition) is 2. The summed E-state index contributed by atoms with van der Waals surface area (Å²) >= 11 is 7.36. The fourth-order valence-corrected chi connectivity index (χ4v) is 5.04. The van der Waals surface area contributed by atoms with Crippen molar-refractivity contribution in [2.75, 3.05) is 12.4 Å². The summed E-state index contributed by atoms with van der Waals surface area (Å²) in [6.45, 7) is 2.51. The number of aromatic nitrogens is 3. The first-order valence-electron chi connectivity index (χ1n) is 10.7. The van der Waals surface area contributed by atoms with Crippen LogP contribution in [0.3, 0.4) is 0 Å². The second-order valence-electron chi connectivity index (χ2n) is 8.00. The van der Waals surface area contributed by atoms with Gasteiger partial charge in [-0.1, -0.05) is 36.7 Å². The van der Waals surface area contributed by atoms with Gasteiger partial charge in [0.2, 0.25) is 5.82 Å². The lowest BCUT2D eigenvalue weighted by Crippen LogP contribution is -2.25. The molecule has 0 aliphatic heterocycles. The van der Waals surface area contributed by atoms with E-state index in [0.29, 0.717) is 5.39 Å². The standard InChI is InChI=1S/C24H20ClF2N5O3S/c1-11(33)10-32-20(12(2)17-14(25)8-9-15(26)18(17)27)21(29-22(32)24(35)28-3)30-23(34)19-13-6-4-5-7-16(13)36-31-19/h4-9,12H,10H2,1-3H3,(H,28,35)(H,30,34)/t12-/m0/s1. The number of amides is 2. The first-order valence-corrected chi connectivity index (χ1v) is 11.9. The molecule has 2 aromatic carbocycles. The van der Waals surface area contributed by atoms with Crippen LogP contribution in [0.5, 0.6) is 0 Å². The Morgan fingerprint density at radius 2 is 1.86 bits per heavy atom. The van der Waals surface area contributed by atoms with Crippen molar-refractivity contribution in [2.45, 2.75) is 26.3 Å². The maximum atomic E-state index is 14.9. The maximum Gasteiger partial charge on any atom is 0.287 e. The Morgan fingerprint density at radius 1 is 1.14 bits per heavy atom. The van der Waals surface area contributed by atoms with Gasteiger partial charge in [-0.3, -0.25) is 14.4 Å². The van der Waals surface area contributed by atoms with Crippen LogP contribution in [0.15, 0.2) is 36.4 Å². The molecule has 2 heterocycles. The number of anilines is 1. The molecule has 0 radical (unpaired) electrons. The van der Waals surface area contributed by atoms with Crippen molar-refractivity contribution in [2.24, 2.45) is 0 Å². The minimum absolute atomic E-state index is 0.0683. The highest BCUT2D eigenvalue weighted by Crippen LogP contribution is 2.37. The molecule has 0 unspecified atom stereocenters. The van der Waals surface area contributed by atoms with Crippen molar-refractivity contribution in [3.05, 3.63) is 75.8 Å². The van der Waals surface area contributed by atoms with Crippen LogP contribution in [-0.2, 0) is 11.3 Å². The van der Waals surface area contributed by atoms with E-state index in [1.165, 1.54) is 31.5 Å². The third-order valence-electron chi connectivity index (χ3n) is 5.56. The molecule has 0 bridgehead atoms. The largest absolute Gasteiger partial charge is 0.352 e. The average molecular weight is 532 g/mol. The van der Waals surface area contributed by atoms with Crippen LogP contribution in [0.2, 0.25) is 5.02 Å². The number of carbonyl (C=O) groups is 3. The van der Waals surface area contributed by atoms with Crippen molar-refractivity contribution in [3.63, 3.8) is 0 Å². The molecule has 36 heavy (non-hydrogen) atoms. The van der Waals surface area contributed by atoms with Crippen LogP contribution in [0, 0.1) is 11.6 Å². The van der Waals surface area contributed by atoms with Gasteiger partial charge in [-0.25, -0.2) is 13.8 Å². The van der Waals surface area contributed by atoms with E-state index in [4.69, 9.17) is 11.6 Å². The monoisotopic (exact) mass is 531 g/mol. The molecule has 186 valence electrons. The number of Topliss-reactive ketones (excluding diaryl/α,β-unsaturated/α-hetero) is 1. The minimum atomic E-state index is -1.19. The molecule has 1 atom stereocenters. The van der Waals surface area contributed by atoms with Crippen LogP contribution >= 0.6 is 23.1 Å². The lowest BCUT2D eigenvalue weighted by atomic mass is 9.96. The maximum absolute atomic E-state index is 14.9. The molecular formula is C24H20ClF2N5O3S. The smallest absolute Gasteiger partial charge is 0.287 e. The highest BCUT2D eigenvalue weighted by atomic mass is 35.5. The van der Waals surface area contributed by atoms with Crippen molar-refractivity contribution in [1.82, 2.24) is 19.2 Å². The number of fused-ring (bicyclic) bond motifs is 1. The highest BCUT2D eigenvalue weighted by molar-refractivity contribution is 7.13. The number of hydrogen-bond acceptors (Lipinski definition) is 6. The van der Waals surface area contributed by atoms with Gasteiger partial charge in [-0.2, -0.15) is 4.37 Å². The number of nitrogens with one attached hydrogen (secondary N) is 2. The van der Waals surface area contributed by atoms with Crippen molar-refractivity contribution in [3.8, 4) is 0 Å². The van der Waals surface area contributed by atoms with E-state index in [9.17, 15) is 23.2 Å². The predicted molar refractivity (Wildman–Crippen MR) is 133 cm³/mol. The van der Waals surface area contributed by atoms with E-state index >= 15 is 0 Å². The summed E-state index contributed by atoms with van der Waals surface area (Å²) in [6.07, 6.45) is 0. The van der Waals surface area contributed by atoms with E-state index < -0.39 is 29.4 Å². The van der Waals surface area contributed by atoms with Gasteiger partial charge in [-0.15, -0.1) is 0 Å². The number of nitrogens with zero attached hydrogens (tertiary/aromatic N) is 3. The summed E-state index contributed by atoms with van der Waals surface area (Å²) in [6, 6.07) is 9.24. The molecule has 0 fully saturated rings. The molecule has 4 aromatic rings. The van der Waals surface area contributed by atoms with E-state index in [2.05, 4.69) is 20.0 Å². The molecule has 0 spiro atoms. The fourth-order valence-electron chi connectivity index (χ4n) is 3.96. The highest BCUT2D eigenvalue weighted by Gasteiger charge is 2.31. The minimum Gasteiger partial charge on any atom is -0.352 e. The zero-order chi connectivity index (χ0) is 26.1. The van der Waals surface area contributed by atoms with Crippen molar-refractivity contribution in [1.29, 1.82) is 0 Å². The third kappa shape index (κ3) is 4.59. The zero-order valence-corrected chi connectivity index (χ0v) is 20.9. The quantitative estimate of drug-likeness (QED) is 0.334. The van der Waals surface area contributed by atoms with Crippen LogP contribution in [-0.4, -0.2) is 38.6 Å². The average Bonchev–Trinajstić information content (AvgIpc) is 3.42. The summed E-state index contributed by atoms with van der Waals surface area (Å²) < 4.78 is 35.3. The summed E-state index contributed by atoms with van der Waals surface area (Å²) in [5.41, 5.74) is 0.0225. The number of benzene rings is 2. The number of halogens is 3. The Morgan fingerprint density at radius 3 is 2.56 bits per heavy atom. The van der Waals surface area contributed by atoms with Gasteiger partial charge in [0.25, 0.3) is 11.8 Å². The lowest BCUT2D eigenvalue weighted by molar-refractivity contribution is -0.117. The molecular weight excluding hydrogens is 512 g/mol. The van der Waals surface area contributed by atoms with Crippen LogP contribution in [0.25, 0.3) is 10.1 Å². The van der Waals surface area contributed by atoms with E-state index in [1.807, 2.05) is 12.1 Å². The Bertz CT molecular complexity index is 1520. The molecule has 0 aliphatic carbocycles. The molecule has 0 saturated carbocycles. The summed E-state index contributed by atoms with van der Waals surface area (Å²) in [7, 11) is 1.38. The van der Waals surface area contributed by atoms with Gasteiger partial charge in [0, 0.05) is 28.9 Å². The van der Waals surface area contributed by atoms with Crippen LogP contribution in [0.4, 0.5) is 14.6 Å². The molecule has 2 amide bonds. The molecule has 2 N–H and O–H groups in total. The van der Waals surface area contributed by atoms with Gasteiger partial charge in [0.15, 0.2) is 17.5 Å². The van der Waals surface area contributed by atoms with Gasteiger partial charge in [0.1, 0.15) is 11.5 Å². The van der Waals surface area contributed by atoms with E-state index in [1.54, 1.807) is 12.1 Å². The second kappa shape index (κ2) is 10.1. The topological polar surface area (TPSA) is 106 Å². The first-order chi connectivity index (χ1) is 17.1. The zero-order valence-electron chi connectivity index (χ0n) is 19.4. The molecule has 0 saturated heterocycles. The van der Waals surface area contributed by atoms with Crippen molar-refractivity contribution >= 4 is 56.6 Å². The van der Waals surface area contributed by atoms with Crippen LogP contribution < -0.4 is 10.6 Å². The predicted octanol–water partition coefficient (Wildman–Crippen LogP) is 4.78. The fraction of sp³-hybridized carbons (Fsp3) is 0.208. The lowest BCUT2D eigenvalue weighted by Gasteiger charge is -2.19. The van der Waals surface area contributed by atoms with Gasteiger partial charge >= 0.3 is 0 Å². The number of imidazole rings is 1. The Balaban J connectivity index is 1.90. The molecule has 8 nitrogen and oxygen atoms in total. The Labute approximate surface area is 213 Å². The van der Waals surface area contributed by atoms with Gasteiger partial charge in [0.05, 0.1) is 16.9 Å². The SMILES string of the molecule is CNC(=O)c1nc(NC(=O)c2nsc3ccccc23)c([C@@H](C)c2c(Cl)ccc(F)c2F)n1CC(C)=O. The van der Waals surface area contributed by atoms with Gasteiger partial charge in [-0.05, 0) is 36.7 Å². The van der Waals surface area contributed by atoms with E-state index in [0.717, 1.165) is 22.3 Å². The molecule has 4 rings (SSSR count). The Kier molecular flexibility index (Phi) is 7.14. The molecule has 12 heteroatoms. The summed E-state index contributed by atoms with van der Waals surface area (Å²) in [5.74, 6) is -5.22. The number of ketones is 1.